The van der Waals surface area contributed by atoms with Crippen molar-refractivity contribution in [2.75, 3.05) is 14.2 Å². The van der Waals surface area contributed by atoms with E-state index in [-0.39, 0.29) is 11.0 Å². The second kappa shape index (κ2) is 19.0. The number of hydrogen-bond donors (Lipinski definition) is 4. The highest BCUT2D eigenvalue weighted by molar-refractivity contribution is 5.45. The van der Waals surface area contributed by atoms with Gasteiger partial charge >= 0.3 is 0 Å². The van der Waals surface area contributed by atoms with Crippen LogP contribution in [0.5, 0.6) is 34.5 Å². The summed E-state index contributed by atoms with van der Waals surface area (Å²) < 4.78 is 10.1. The van der Waals surface area contributed by atoms with Gasteiger partial charge in [0.2, 0.25) is 0 Å². The molecule has 8 N–H and O–H groups in total. The molecule has 8 heteroatoms. The molecule has 0 atom stereocenters. The van der Waals surface area contributed by atoms with E-state index in [4.69, 9.17) is 14.6 Å². The van der Waals surface area contributed by atoms with Crippen LogP contribution in [-0.2, 0) is 0 Å². The Bertz CT molecular complexity index is 1420. The largest absolute Gasteiger partial charge is 0.508 e. The van der Waals surface area contributed by atoms with Crippen molar-refractivity contribution < 1.29 is 40.9 Å². The van der Waals surface area contributed by atoms with Gasteiger partial charge in [-0.05, 0) is 167 Å². The predicted octanol–water partition coefficient (Wildman–Crippen LogP) is 7.02. The third-order valence-electron chi connectivity index (χ3n) is 7.35. The Hall–Kier alpha value is -4.40. The minimum atomic E-state index is 0. The molecule has 0 aliphatic heterocycles. The van der Waals surface area contributed by atoms with E-state index in [2.05, 4.69) is 6.92 Å². The van der Waals surface area contributed by atoms with Gasteiger partial charge in [0.25, 0.3) is 0 Å². The van der Waals surface area contributed by atoms with Crippen LogP contribution in [0.15, 0.2) is 48.5 Å². The molecule has 0 aliphatic rings. The fraction of sp³-hybridized carbons (Fsp3) is 0.333. The lowest BCUT2D eigenvalue weighted by Gasteiger charge is -2.06. The molecule has 0 heterocycles. The predicted molar refractivity (Wildman–Crippen MR) is 180 cm³/mol. The molecule has 0 fully saturated rings. The van der Waals surface area contributed by atoms with Crippen LogP contribution in [0.4, 0.5) is 0 Å². The monoisotopic (exact) mass is 612 g/mol. The number of methoxy groups -OCH3 is 2. The Morgan fingerprint density at radius 1 is 0.432 bits per heavy atom. The van der Waals surface area contributed by atoms with Crippen LogP contribution < -0.4 is 9.47 Å². The number of hydrogen-bond acceptors (Lipinski definition) is 6. The maximum Gasteiger partial charge on any atom is 0.122 e. The summed E-state index contributed by atoms with van der Waals surface area (Å²) in [7, 11) is 3.24. The van der Waals surface area contributed by atoms with Gasteiger partial charge in [0.1, 0.15) is 34.5 Å². The Balaban J connectivity index is 0. The van der Waals surface area contributed by atoms with Crippen LogP contribution in [0.1, 0.15) is 55.6 Å². The quantitative estimate of drug-likeness (QED) is 0.190. The van der Waals surface area contributed by atoms with Gasteiger partial charge < -0.3 is 40.9 Å². The number of rotatable bonds is 2. The highest BCUT2D eigenvalue weighted by atomic mass is 16.5. The van der Waals surface area contributed by atoms with Crippen molar-refractivity contribution in [3.63, 3.8) is 0 Å². The number of benzene rings is 4. The van der Waals surface area contributed by atoms with Gasteiger partial charge in [0, 0.05) is 0 Å². The Morgan fingerprint density at radius 2 is 0.932 bits per heavy atom. The molecule has 0 bridgehead atoms. The molecule has 0 unspecified atom stereocenters. The summed E-state index contributed by atoms with van der Waals surface area (Å²) in [6, 6.07) is 14.4. The molecule has 0 aromatic heterocycles. The number of aromatic hydroxyl groups is 4. The number of phenolic OH excluding ortho intramolecular Hbond substituents is 4. The Kier molecular flexibility index (Phi) is 18.0. The fourth-order valence-corrected chi connectivity index (χ4v) is 3.98. The molecule has 0 amide bonds. The molecule has 44 heavy (non-hydrogen) atoms. The van der Waals surface area contributed by atoms with E-state index in [0.717, 1.165) is 50.4 Å². The van der Waals surface area contributed by atoms with Crippen molar-refractivity contribution in [1.82, 2.24) is 0 Å². The van der Waals surface area contributed by atoms with Gasteiger partial charge in [0.05, 0.1) is 14.2 Å². The molecule has 0 spiro atoms. The van der Waals surface area contributed by atoms with Crippen molar-refractivity contribution in [1.29, 1.82) is 0 Å². The molecular formula is C36H52O8. The maximum absolute atomic E-state index is 9.37. The summed E-state index contributed by atoms with van der Waals surface area (Å²) in [5, 5.41) is 37.0. The summed E-state index contributed by atoms with van der Waals surface area (Å²) in [5.74, 6) is 3.04. The van der Waals surface area contributed by atoms with E-state index in [1.54, 1.807) is 38.5 Å². The zero-order valence-electron chi connectivity index (χ0n) is 28.2. The van der Waals surface area contributed by atoms with Crippen LogP contribution >= 0.6 is 0 Å². The summed E-state index contributed by atoms with van der Waals surface area (Å²) in [5.41, 5.74) is 10.5. The van der Waals surface area contributed by atoms with Crippen LogP contribution in [0, 0.1) is 69.2 Å². The first-order valence-corrected chi connectivity index (χ1v) is 13.7. The lowest BCUT2D eigenvalue weighted by atomic mass is 10.0. The molecular weight excluding hydrogens is 560 g/mol. The first kappa shape index (κ1) is 41.7. The summed E-state index contributed by atoms with van der Waals surface area (Å²) in [6.45, 7) is 19.5. The van der Waals surface area contributed by atoms with Crippen molar-refractivity contribution in [3.05, 3.63) is 104 Å². The SMILES string of the molecule is COc1cc(C)c(O)c(C)c1.COc1cc(C)c(O)cc1C.Cc1cc(O)cc(C)c1C.Cc1ccc(O)c(C)c1C.O.O. The highest BCUT2D eigenvalue weighted by Crippen LogP contribution is 2.27. The second-order valence-corrected chi connectivity index (χ2v) is 10.6. The lowest BCUT2D eigenvalue weighted by molar-refractivity contribution is 0.408. The Labute approximate surface area is 262 Å². The van der Waals surface area contributed by atoms with Crippen LogP contribution in [0.25, 0.3) is 0 Å². The van der Waals surface area contributed by atoms with Crippen LogP contribution in [0.3, 0.4) is 0 Å². The fourth-order valence-electron chi connectivity index (χ4n) is 3.98. The molecule has 0 radical (unpaired) electrons. The van der Waals surface area contributed by atoms with E-state index < -0.39 is 0 Å². The van der Waals surface area contributed by atoms with Crippen molar-refractivity contribution >= 4 is 0 Å². The molecule has 4 aromatic carbocycles. The van der Waals surface area contributed by atoms with Gasteiger partial charge in [-0.15, -0.1) is 0 Å². The second-order valence-electron chi connectivity index (χ2n) is 10.6. The summed E-state index contributed by atoms with van der Waals surface area (Å²) in [6.07, 6.45) is 0. The van der Waals surface area contributed by atoms with Crippen LogP contribution in [-0.4, -0.2) is 45.6 Å². The minimum Gasteiger partial charge on any atom is -0.508 e. The topological polar surface area (TPSA) is 162 Å². The Morgan fingerprint density at radius 3 is 1.36 bits per heavy atom. The highest BCUT2D eigenvalue weighted by Gasteiger charge is 2.03. The van der Waals surface area contributed by atoms with E-state index in [1.165, 1.54) is 16.7 Å². The van der Waals surface area contributed by atoms with E-state index >= 15 is 0 Å². The molecule has 244 valence electrons. The zero-order chi connectivity index (χ0) is 32.3. The standard InChI is InChI=1S/2C9H12O2.2C9H12O.2H2O/c1-6-5-9(11-3)7(2)4-8(6)10;1-6-4-8(11-3)5-7(2)9(6)10;1-6-4-9(10)5-7(2)8(6)3;1-6-4-5-9(10)8(3)7(6)2;;/h2*4-5,10H,1-3H3;2*4-5,10H,1-3H3;2*1H2. The van der Waals surface area contributed by atoms with E-state index in [9.17, 15) is 15.3 Å². The number of phenols is 4. The average molecular weight is 613 g/mol. The molecule has 4 rings (SSSR count). The molecule has 0 saturated carbocycles. The molecule has 8 nitrogen and oxygen atoms in total. The van der Waals surface area contributed by atoms with Gasteiger partial charge in [0.15, 0.2) is 0 Å². The van der Waals surface area contributed by atoms with E-state index in [1.807, 2.05) is 86.6 Å². The van der Waals surface area contributed by atoms with Crippen molar-refractivity contribution in [3.8, 4) is 34.5 Å². The summed E-state index contributed by atoms with van der Waals surface area (Å²) >= 11 is 0. The molecule has 0 saturated heterocycles. The number of ether oxygens (including phenoxy) is 2. The van der Waals surface area contributed by atoms with Gasteiger partial charge in [-0.25, -0.2) is 0 Å². The average Bonchev–Trinajstić information content (AvgIpc) is 2.94. The first-order chi connectivity index (χ1) is 19.5. The van der Waals surface area contributed by atoms with Gasteiger partial charge in [-0.1, -0.05) is 6.07 Å². The third-order valence-corrected chi connectivity index (χ3v) is 7.35. The molecule has 4 aromatic rings. The number of aryl methyl sites for hydroxylation is 7. The van der Waals surface area contributed by atoms with Gasteiger partial charge in [-0.3, -0.25) is 0 Å². The lowest BCUT2D eigenvalue weighted by Crippen LogP contribution is -1.87. The molecule has 0 aliphatic carbocycles. The van der Waals surface area contributed by atoms with Gasteiger partial charge in [-0.2, -0.15) is 0 Å². The maximum atomic E-state index is 9.37. The third kappa shape index (κ3) is 12.1. The summed E-state index contributed by atoms with van der Waals surface area (Å²) in [4.78, 5) is 0. The van der Waals surface area contributed by atoms with Crippen molar-refractivity contribution in [2.24, 2.45) is 0 Å². The van der Waals surface area contributed by atoms with Crippen LogP contribution in [0.2, 0.25) is 0 Å². The minimum absolute atomic E-state index is 0. The smallest absolute Gasteiger partial charge is 0.122 e. The first-order valence-electron chi connectivity index (χ1n) is 13.7. The van der Waals surface area contributed by atoms with E-state index in [0.29, 0.717) is 23.0 Å². The zero-order valence-corrected chi connectivity index (χ0v) is 28.2. The van der Waals surface area contributed by atoms with Crippen molar-refractivity contribution in [2.45, 2.75) is 69.2 Å². The normalized spacial score (nSPS) is 9.36.